The summed E-state index contributed by atoms with van der Waals surface area (Å²) < 4.78 is 1.87. The molecule has 1 aliphatic carbocycles. The Kier molecular flexibility index (Phi) is 5.14. The van der Waals surface area contributed by atoms with Crippen molar-refractivity contribution in [2.75, 3.05) is 6.54 Å². The number of aromatic nitrogens is 3. The molecule has 2 aromatic heterocycles. The number of hydrogen-bond donors (Lipinski definition) is 2. The Morgan fingerprint density at radius 1 is 1.38 bits per heavy atom. The van der Waals surface area contributed by atoms with Crippen molar-refractivity contribution in [1.29, 1.82) is 0 Å². The Balaban J connectivity index is 1.64. The van der Waals surface area contributed by atoms with Crippen LogP contribution in [0.4, 0.5) is 0 Å². The number of rotatable bonds is 6. The molecule has 6 nitrogen and oxygen atoms in total. The summed E-state index contributed by atoms with van der Waals surface area (Å²) in [5, 5.41) is 18.2. The van der Waals surface area contributed by atoms with E-state index in [1.165, 1.54) is 12.8 Å². The van der Waals surface area contributed by atoms with Crippen LogP contribution in [0.25, 0.3) is 11.0 Å². The number of nitrogens with one attached hydrogen (secondary N) is 1. The summed E-state index contributed by atoms with van der Waals surface area (Å²) in [5.41, 5.74) is 1.30. The lowest BCUT2D eigenvalue weighted by Crippen LogP contribution is -2.35. The summed E-state index contributed by atoms with van der Waals surface area (Å²) >= 11 is 0. The topological polar surface area (TPSA) is 80.0 Å². The lowest BCUT2D eigenvalue weighted by Gasteiger charge is -2.18. The highest BCUT2D eigenvalue weighted by atomic mass is 16.3. The zero-order chi connectivity index (χ0) is 17.1. The van der Waals surface area contributed by atoms with Gasteiger partial charge in [0, 0.05) is 24.7 Å². The number of pyridine rings is 1. The third kappa shape index (κ3) is 3.75. The number of aliphatic hydroxyl groups excluding tert-OH is 1. The van der Waals surface area contributed by atoms with Gasteiger partial charge in [-0.3, -0.25) is 4.79 Å². The van der Waals surface area contributed by atoms with E-state index >= 15 is 0 Å². The largest absolute Gasteiger partial charge is 0.391 e. The molecule has 2 heterocycles. The predicted octanol–water partition coefficient (Wildman–Crippen LogP) is 2.37. The molecule has 24 heavy (non-hydrogen) atoms. The highest BCUT2D eigenvalue weighted by molar-refractivity contribution is 5.96. The molecule has 0 radical (unpaired) electrons. The number of hydrogen-bond acceptors (Lipinski definition) is 4. The van der Waals surface area contributed by atoms with Gasteiger partial charge >= 0.3 is 0 Å². The zero-order valence-corrected chi connectivity index (χ0v) is 14.4. The van der Waals surface area contributed by atoms with E-state index in [0.717, 1.165) is 30.4 Å². The van der Waals surface area contributed by atoms with Gasteiger partial charge in [0.15, 0.2) is 5.65 Å². The van der Waals surface area contributed by atoms with Gasteiger partial charge in [-0.25, -0.2) is 9.67 Å². The molecular formula is C18H26N4O2. The quantitative estimate of drug-likeness (QED) is 0.852. The molecule has 1 amide bonds. The first-order valence-electron chi connectivity index (χ1n) is 8.82. The number of fused-ring (bicyclic) bond motifs is 1. The van der Waals surface area contributed by atoms with E-state index in [1.54, 1.807) is 12.4 Å². The van der Waals surface area contributed by atoms with Crippen LogP contribution in [0.3, 0.4) is 0 Å². The number of nitrogens with zero attached hydrogens (tertiary/aromatic N) is 3. The number of carbonyl (C=O) groups is 1. The number of amides is 1. The Morgan fingerprint density at radius 3 is 2.83 bits per heavy atom. The van der Waals surface area contributed by atoms with E-state index in [1.807, 2.05) is 10.7 Å². The van der Waals surface area contributed by atoms with Gasteiger partial charge in [0.25, 0.3) is 5.91 Å². The lowest BCUT2D eigenvalue weighted by molar-refractivity contribution is 0.0840. The third-order valence-corrected chi connectivity index (χ3v) is 4.69. The second-order valence-corrected chi connectivity index (χ2v) is 7.18. The first kappa shape index (κ1) is 16.9. The summed E-state index contributed by atoms with van der Waals surface area (Å²) in [4.78, 5) is 16.7. The maximum Gasteiger partial charge on any atom is 0.252 e. The predicted molar refractivity (Wildman–Crippen MR) is 92.7 cm³/mol. The first-order chi connectivity index (χ1) is 11.5. The first-order valence-corrected chi connectivity index (χ1v) is 8.82. The Hall–Kier alpha value is -1.95. The van der Waals surface area contributed by atoms with Gasteiger partial charge in [-0.2, -0.15) is 5.10 Å². The molecule has 2 aromatic rings. The summed E-state index contributed by atoms with van der Waals surface area (Å²) in [7, 11) is 0. The van der Waals surface area contributed by atoms with Gasteiger partial charge in [-0.1, -0.05) is 26.7 Å². The highest BCUT2D eigenvalue weighted by Gasteiger charge is 2.23. The van der Waals surface area contributed by atoms with Gasteiger partial charge in [-0.15, -0.1) is 0 Å². The molecule has 0 saturated heterocycles. The van der Waals surface area contributed by atoms with Crippen molar-refractivity contribution in [1.82, 2.24) is 20.1 Å². The van der Waals surface area contributed by atoms with Crippen LogP contribution in [-0.4, -0.2) is 38.4 Å². The van der Waals surface area contributed by atoms with Crippen molar-refractivity contribution in [3.05, 3.63) is 24.0 Å². The Bertz CT molecular complexity index is 704. The second-order valence-electron chi connectivity index (χ2n) is 7.18. The van der Waals surface area contributed by atoms with Crippen LogP contribution in [-0.2, 0) is 6.54 Å². The molecule has 1 atom stereocenters. The standard InChI is InChI=1S/C18H26N4O2/c1-12(2)11-22-17-14(9-21-22)7-15(8-19-17)18(24)20-10-16(23)13-5-3-4-6-13/h7-9,12-13,16,23H,3-6,10-11H2,1-2H3,(H,20,24). The van der Waals surface area contributed by atoms with Crippen LogP contribution in [0.2, 0.25) is 0 Å². The van der Waals surface area contributed by atoms with Crippen molar-refractivity contribution >= 4 is 16.9 Å². The van der Waals surface area contributed by atoms with Gasteiger partial charge in [0.2, 0.25) is 0 Å². The molecule has 130 valence electrons. The van der Waals surface area contributed by atoms with E-state index in [2.05, 4.69) is 29.2 Å². The van der Waals surface area contributed by atoms with E-state index in [-0.39, 0.29) is 5.91 Å². The summed E-state index contributed by atoms with van der Waals surface area (Å²) in [6.45, 7) is 5.36. The van der Waals surface area contributed by atoms with E-state index < -0.39 is 6.10 Å². The summed E-state index contributed by atoms with van der Waals surface area (Å²) in [5.74, 6) is 0.605. The Labute approximate surface area is 142 Å². The number of aliphatic hydroxyl groups is 1. The molecule has 3 rings (SSSR count). The molecule has 0 aliphatic heterocycles. The van der Waals surface area contributed by atoms with Gasteiger partial charge in [0.05, 0.1) is 17.9 Å². The summed E-state index contributed by atoms with van der Waals surface area (Å²) in [6.07, 6.45) is 7.33. The zero-order valence-electron chi connectivity index (χ0n) is 14.4. The van der Waals surface area contributed by atoms with Gasteiger partial charge in [-0.05, 0) is 30.7 Å². The molecule has 0 bridgehead atoms. The smallest absolute Gasteiger partial charge is 0.252 e. The Morgan fingerprint density at radius 2 is 2.12 bits per heavy atom. The minimum Gasteiger partial charge on any atom is -0.391 e. The minimum atomic E-state index is -0.457. The molecule has 1 aliphatic rings. The van der Waals surface area contributed by atoms with Crippen molar-refractivity contribution in [2.24, 2.45) is 11.8 Å². The fraction of sp³-hybridized carbons (Fsp3) is 0.611. The van der Waals surface area contributed by atoms with Crippen LogP contribution in [0, 0.1) is 11.8 Å². The molecule has 1 fully saturated rings. The maximum atomic E-state index is 12.3. The molecule has 2 N–H and O–H groups in total. The fourth-order valence-corrected chi connectivity index (χ4v) is 3.38. The van der Waals surface area contributed by atoms with Crippen LogP contribution in [0.15, 0.2) is 18.5 Å². The molecule has 0 aromatic carbocycles. The maximum absolute atomic E-state index is 12.3. The monoisotopic (exact) mass is 330 g/mol. The van der Waals surface area contributed by atoms with Crippen molar-refractivity contribution in [3.8, 4) is 0 Å². The molecule has 6 heteroatoms. The minimum absolute atomic E-state index is 0.196. The molecule has 0 spiro atoms. The number of carbonyl (C=O) groups excluding carboxylic acids is 1. The molecular weight excluding hydrogens is 304 g/mol. The SMILES string of the molecule is CC(C)Cn1ncc2cc(C(=O)NCC(O)C3CCCC3)cnc21. The second kappa shape index (κ2) is 7.30. The highest BCUT2D eigenvalue weighted by Crippen LogP contribution is 2.27. The summed E-state index contributed by atoms with van der Waals surface area (Å²) in [6, 6.07) is 1.81. The van der Waals surface area contributed by atoms with Gasteiger partial charge < -0.3 is 10.4 Å². The van der Waals surface area contributed by atoms with Crippen LogP contribution >= 0.6 is 0 Å². The van der Waals surface area contributed by atoms with Crippen LogP contribution in [0.1, 0.15) is 49.9 Å². The molecule has 1 saturated carbocycles. The van der Waals surface area contributed by atoms with E-state index in [9.17, 15) is 9.90 Å². The van der Waals surface area contributed by atoms with Crippen molar-refractivity contribution in [2.45, 2.75) is 52.2 Å². The average Bonchev–Trinajstić information content (AvgIpc) is 3.21. The van der Waals surface area contributed by atoms with Crippen molar-refractivity contribution < 1.29 is 9.90 Å². The van der Waals surface area contributed by atoms with Crippen molar-refractivity contribution in [3.63, 3.8) is 0 Å². The van der Waals surface area contributed by atoms with E-state index in [4.69, 9.17) is 0 Å². The molecule has 1 unspecified atom stereocenters. The fourth-order valence-electron chi connectivity index (χ4n) is 3.38. The average molecular weight is 330 g/mol. The van der Waals surface area contributed by atoms with Gasteiger partial charge in [0.1, 0.15) is 0 Å². The normalized spacial score (nSPS) is 16.8. The third-order valence-electron chi connectivity index (χ3n) is 4.69. The van der Waals surface area contributed by atoms with Crippen LogP contribution in [0.5, 0.6) is 0 Å². The lowest BCUT2D eigenvalue weighted by atomic mass is 10.0. The van der Waals surface area contributed by atoms with E-state index in [0.29, 0.717) is 23.9 Å². The van der Waals surface area contributed by atoms with Crippen LogP contribution < -0.4 is 5.32 Å².